The van der Waals surface area contributed by atoms with E-state index in [-0.39, 0.29) is 12.5 Å². The van der Waals surface area contributed by atoms with E-state index in [4.69, 9.17) is 5.73 Å². The number of hydrogen-bond acceptors (Lipinski definition) is 3. The number of aryl methyl sites for hydroxylation is 1. The maximum Gasteiger partial charge on any atom is 0.236 e. The van der Waals surface area contributed by atoms with E-state index in [1.807, 2.05) is 11.0 Å². The van der Waals surface area contributed by atoms with Crippen molar-refractivity contribution in [3.63, 3.8) is 0 Å². The minimum absolute atomic E-state index is 0.0618. The highest BCUT2D eigenvalue weighted by molar-refractivity contribution is 5.78. The molecule has 0 radical (unpaired) electrons. The Kier molecular flexibility index (Phi) is 6.02. The van der Waals surface area contributed by atoms with Crippen LogP contribution in [0.5, 0.6) is 0 Å². The fraction of sp³-hybridized carbons (Fsp3) is 0.562. The van der Waals surface area contributed by atoms with Gasteiger partial charge >= 0.3 is 0 Å². The molecule has 0 bridgehead atoms. The Bertz CT molecular complexity index is 401. The summed E-state index contributed by atoms with van der Waals surface area (Å²) in [6.45, 7) is 2.77. The van der Waals surface area contributed by atoms with E-state index >= 15 is 0 Å². The van der Waals surface area contributed by atoms with Crippen LogP contribution in [-0.2, 0) is 11.2 Å². The SMILES string of the molecule is NCC(=O)N(CCCc1ccccc1)C[C@@H]1CCCN1. The minimum atomic E-state index is 0.0618. The highest BCUT2D eigenvalue weighted by atomic mass is 16.2. The predicted molar refractivity (Wildman–Crippen MR) is 81.4 cm³/mol. The Morgan fingerprint density at radius 3 is 2.80 bits per heavy atom. The van der Waals surface area contributed by atoms with E-state index in [1.165, 1.54) is 12.0 Å². The van der Waals surface area contributed by atoms with Crippen molar-refractivity contribution in [2.75, 3.05) is 26.2 Å². The smallest absolute Gasteiger partial charge is 0.236 e. The zero-order valence-corrected chi connectivity index (χ0v) is 12.1. The number of benzene rings is 1. The number of nitrogens with one attached hydrogen (secondary N) is 1. The predicted octanol–water partition coefficient (Wildman–Crippen LogP) is 1.16. The highest BCUT2D eigenvalue weighted by Crippen LogP contribution is 2.09. The molecule has 1 atom stereocenters. The Labute approximate surface area is 121 Å². The maximum atomic E-state index is 11.9. The van der Waals surface area contributed by atoms with Gasteiger partial charge in [0.1, 0.15) is 0 Å². The third kappa shape index (κ3) is 4.62. The average Bonchev–Trinajstić information content (AvgIpc) is 2.99. The monoisotopic (exact) mass is 275 g/mol. The molecule has 110 valence electrons. The quantitative estimate of drug-likeness (QED) is 0.785. The highest BCUT2D eigenvalue weighted by Gasteiger charge is 2.20. The summed E-state index contributed by atoms with van der Waals surface area (Å²) >= 11 is 0. The molecule has 3 N–H and O–H groups in total. The van der Waals surface area contributed by atoms with Gasteiger partial charge in [0.25, 0.3) is 0 Å². The molecular formula is C16H25N3O. The van der Waals surface area contributed by atoms with Gasteiger partial charge in [-0.15, -0.1) is 0 Å². The zero-order valence-electron chi connectivity index (χ0n) is 12.1. The summed E-state index contributed by atoms with van der Waals surface area (Å²) in [5.41, 5.74) is 6.84. The fourth-order valence-corrected chi connectivity index (χ4v) is 2.74. The van der Waals surface area contributed by atoms with Crippen LogP contribution >= 0.6 is 0 Å². The van der Waals surface area contributed by atoms with Crippen molar-refractivity contribution in [1.29, 1.82) is 0 Å². The molecule has 1 aliphatic heterocycles. The van der Waals surface area contributed by atoms with Crippen molar-refractivity contribution in [1.82, 2.24) is 10.2 Å². The number of amides is 1. The van der Waals surface area contributed by atoms with E-state index in [2.05, 4.69) is 29.6 Å². The molecule has 1 amide bonds. The van der Waals surface area contributed by atoms with Gasteiger partial charge in [0, 0.05) is 19.1 Å². The van der Waals surface area contributed by atoms with Gasteiger partial charge in [-0.2, -0.15) is 0 Å². The van der Waals surface area contributed by atoms with Crippen LogP contribution in [-0.4, -0.2) is 43.0 Å². The lowest BCUT2D eigenvalue weighted by Crippen LogP contribution is -2.44. The second-order valence-corrected chi connectivity index (χ2v) is 5.43. The molecule has 1 heterocycles. The number of carbonyl (C=O) groups is 1. The standard InChI is InChI=1S/C16H25N3O/c17-12-16(20)19(13-15-9-4-10-18-15)11-5-8-14-6-2-1-3-7-14/h1-3,6-7,15,18H,4-5,8-13,17H2/t15-/m0/s1. The molecule has 20 heavy (non-hydrogen) atoms. The molecule has 0 saturated carbocycles. The molecule has 0 aromatic heterocycles. The summed E-state index contributed by atoms with van der Waals surface area (Å²) in [6.07, 6.45) is 4.36. The molecule has 0 aliphatic carbocycles. The average molecular weight is 275 g/mol. The number of nitrogens with two attached hydrogens (primary N) is 1. The van der Waals surface area contributed by atoms with Crippen molar-refractivity contribution in [2.24, 2.45) is 5.73 Å². The largest absolute Gasteiger partial charge is 0.340 e. The first kappa shape index (κ1) is 15.0. The lowest BCUT2D eigenvalue weighted by atomic mass is 10.1. The lowest BCUT2D eigenvalue weighted by Gasteiger charge is -2.25. The van der Waals surface area contributed by atoms with Gasteiger partial charge in [-0.3, -0.25) is 4.79 Å². The Morgan fingerprint density at radius 2 is 2.15 bits per heavy atom. The van der Waals surface area contributed by atoms with Gasteiger partial charge in [-0.05, 0) is 37.8 Å². The van der Waals surface area contributed by atoms with Crippen LogP contribution in [0.4, 0.5) is 0 Å². The molecule has 1 saturated heterocycles. The van der Waals surface area contributed by atoms with Gasteiger partial charge in [0.2, 0.25) is 5.91 Å². The van der Waals surface area contributed by atoms with Crippen LogP contribution in [0.1, 0.15) is 24.8 Å². The Hall–Kier alpha value is -1.39. The number of hydrogen-bond donors (Lipinski definition) is 2. The zero-order chi connectivity index (χ0) is 14.2. The van der Waals surface area contributed by atoms with Crippen molar-refractivity contribution in [3.8, 4) is 0 Å². The number of rotatable bonds is 7. The van der Waals surface area contributed by atoms with Crippen LogP contribution in [0.3, 0.4) is 0 Å². The molecule has 1 fully saturated rings. The number of nitrogens with zero attached hydrogens (tertiary/aromatic N) is 1. The van der Waals surface area contributed by atoms with Crippen molar-refractivity contribution in [2.45, 2.75) is 31.7 Å². The molecule has 2 rings (SSSR count). The lowest BCUT2D eigenvalue weighted by molar-refractivity contribution is -0.130. The van der Waals surface area contributed by atoms with Crippen LogP contribution in [0, 0.1) is 0 Å². The summed E-state index contributed by atoms with van der Waals surface area (Å²) in [4.78, 5) is 13.8. The van der Waals surface area contributed by atoms with Crippen molar-refractivity contribution in [3.05, 3.63) is 35.9 Å². The van der Waals surface area contributed by atoms with Gasteiger partial charge in [-0.25, -0.2) is 0 Å². The van der Waals surface area contributed by atoms with E-state index in [0.29, 0.717) is 6.04 Å². The third-order valence-electron chi connectivity index (χ3n) is 3.87. The van der Waals surface area contributed by atoms with E-state index in [0.717, 1.165) is 38.9 Å². The van der Waals surface area contributed by atoms with Crippen LogP contribution in [0.25, 0.3) is 0 Å². The number of carbonyl (C=O) groups excluding carboxylic acids is 1. The summed E-state index contributed by atoms with van der Waals surface area (Å²) in [5.74, 6) is 0.0618. The van der Waals surface area contributed by atoms with E-state index in [1.54, 1.807) is 0 Å². The fourth-order valence-electron chi connectivity index (χ4n) is 2.74. The van der Waals surface area contributed by atoms with Crippen molar-refractivity contribution < 1.29 is 4.79 Å². The Balaban J connectivity index is 1.79. The molecule has 4 nitrogen and oxygen atoms in total. The first-order valence-corrected chi connectivity index (χ1v) is 7.54. The molecular weight excluding hydrogens is 250 g/mol. The Morgan fingerprint density at radius 1 is 1.35 bits per heavy atom. The van der Waals surface area contributed by atoms with Gasteiger partial charge in [0.15, 0.2) is 0 Å². The third-order valence-corrected chi connectivity index (χ3v) is 3.87. The molecule has 0 unspecified atom stereocenters. The molecule has 1 aromatic carbocycles. The molecule has 1 aromatic rings. The van der Waals surface area contributed by atoms with E-state index in [9.17, 15) is 4.79 Å². The first-order valence-electron chi connectivity index (χ1n) is 7.54. The first-order chi connectivity index (χ1) is 9.79. The summed E-state index contributed by atoms with van der Waals surface area (Å²) in [5, 5.41) is 3.44. The van der Waals surface area contributed by atoms with Crippen LogP contribution in [0.15, 0.2) is 30.3 Å². The molecule has 4 heteroatoms. The van der Waals surface area contributed by atoms with Gasteiger partial charge in [0.05, 0.1) is 6.54 Å². The molecule has 1 aliphatic rings. The topological polar surface area (TPSA) is 58.4 Å². The summed E-state index contributed by atoms with van der Waals surface area (Å²) in [7, 11) is 0. The molecule has 0 spiro atoms. The normalized spacial score (nSPS) is 18.1. The van der Waals surface area contributed by atoms with Crippen molar-refractivity contribution >= 4 is 5.91 Å². The van der Waals surface area contributed by atoms with Gasteiger partial charge < -0.3 is 16.0 Å². The van der Waals surface area contributed by atoms with E-state index < -0.39 is 0 Å². The van der Waals surface area contributed by atoms with Gasteiger partial charge in [-0.1, -0.05) is 30.3 Å². The summed E-state index contributed by atoms with van der Waals surface area (Å²) < 4.78 is 0. The second-order valence-electron chi connectivity index (χ2n) is 5.43. The van der Waals surface area contributed by atoms with Crippen LogP contribution < -0.4 is 11.1 Å². The summed E-state index contributed by atoms with van der Waals surface area (Å²) in [6, 6.07) is 10.9. The minimum Gasteiger partial charge on any atom is -0.340 e. The van der Waals surface area contributed by atoms with Crippen LogP contribution in [0.2, 0.25) is 0 Å². The second kappa shape index (κ2) is 8.02. The maximum absolute atomic E-state index is 11.9.